The van der Waals surface area contributed by atoms with Crippen molar-refractivity contribution in [3.63, 3.8) is 0 Å². The Bertz CT molecular complexity index is 509. The maximum atomic E-state index is 12.1. The number of hydrogen-bond donors (Lipinski definition) is 0. The number of carbonyl (C=O) groups excluding carboxylic acids is 2. The van der Waals surface area contributed by atoms with Crippen LogP contribution in [-0.2, 0) is 11.2 Å². The molecule has 0 spiro atoms. The van der Waals surface area contributed by atoms with E-state index in [0.717, 1.165) is 29.4 Å². The van der Waals surface area contributed by atoms with Crippen molar-refractivity contribution in [1.29, 1.82) is 0 Å². The van der Waals surface area contributed by atoms with Crippen LogP contribution in [0.25, 0.3) is 0 Å². The monoisotopic (exact) mass is 323 g/mol. The molecule has 19 heavy (non-hydrogen) atoms. The Labute approximate surface area is 122 Å². The predicted molar refractivity (Wildman–Crippen MR) is 80.1 cm³/mol. The van der Waals surface area contributed by atoms with Gasteiger partial charge in [0.1, 0.15) is 0 Å². The van der Waals surface area contributed by atoms with E-state index in [2.05, 4.69) is 22.9 Å². The largest absolute Gasteiger partial charge is 0.304 e. The van der Waals surface area contributed by atoms with Crippen molar-refractivity contribution >= 4 is 33.3 Å². The summed E-state index contributed by atoms with van der Waals surface area (Å²) in [4.78, 5) is 25.8. The van der Waals surface area contributed by atoms with E-state index in [-0.39, 0.29) is 11.7 Å². The molecule has 0 bridgehead atoms. The van der Waals surface area contributed by atoms with Gasteiger partial charge in [-0.2, -0.15) is 0 Å². The van der Waals surface area contributed by atoms with Gasteiger partial charge in [0, 0.05) is 11.9 Å². The summed E-state index contributed by atoms with van der Waals surface area (Å²) in [5.74, 6) is -0.383. The van der Waals surface area contributed by atoms with Crippen LogP contribution in [0, 0.1) is 5.92 Å². The Kier molecular flexibility index (Phi) is 4.40. The predicted octanol–water partition coefficient (Wildman–Crippen LogP) is 3.20. The maximum absolute atomic E-state index is 12.1. The Morgan fingerprint density at radius 2 is 2.00 bits per heavy atom. The Morgan fingerprint density at radius 1 is 1.26 bits per heavy atom. The first-order valence-electron chi connectivity index (χ1n) is 6.67. The standard InChI is InChI=1S/C15H18BrNO2/c1-3-10-5-6-13-12(7-10)14(18)15(19)17(13)9-11(4-2)8-16/h5-7,11H,3-4,8-9H2,1-2H3. The van der Waals surface area contributed by atoms with Crippen molar-refractivity contribution in [1.82, 2.24) is 0 Å². The highest BCUT2D eigenvalue weighted by molar-refractivity contribution is 9.09. The lowest BCUT2D eigenvalue weighted by atomic mass is 10.1. The number of amides is 1. The van der Waals surface area contributed by atoms with Crippen molar-refractivity contribution in [2.24, 2.45) is 5.92 Å². The minimum absolute atomic E-state index is 0.366. The molecular formula is C15H18BrNO2. The van der Waals surface area contributed by atoms with Gasteiger partial charge in [0.25, 0.3) is 11.7 Å². The van der Waals surface area contributed by atoms with E-state index >= 15 is 0 Å². The van der Waals surface area contributed by atoms with Gasteiger partial charge < -0.3 is 4.90 Å². The van der Waals surface area contributed by atoms with Gasteiger partial charge in [0.05, 0.1) is 11.3 Å². The van der Waals surface area contributed by atoms with Gasteiger partial charge in [-0.05, 0) is 30.0 Å². The van der Waals surface area contributed by atoms with Gasteiger partial charge in [-0.15, -0.1) is 0 Å². The van der Waals surface area contributed by atoms with E-state index in [4.69, 9.17) is 0 Å². The van der Waals surface area contributed by atoms with Crippen LogP contribution in [0.15, 0.2) is 18.2 Å². The lowest BCUT2D eigenvalue weighted by Gasteiger charge is -2.21. The van der Waals surface area contributed by atoms with E-state index in [0.29, 0.717) is 18.0 Å². The van der Waals surface area contributed by atoms with Crippen molar-refractivity contribution in [2.75, 3.05) is 16.8 Å². The molecule has 4 heteroatoms. The van der Waals surface area contributed by atoms with Crippen LogP contribution in [0.4, 0.5) is 5.69 Å². The summed E-state index contributed by atoms with van der Waals surface area (Å²) in [5.41, 5.74) is 2.43. The van der Waals surface area contributed by atoms with Crippen LogP contribution in [0.5, 0.6) is 0 Å². The van der Waals surface area contributed by atoms with Crippen LogP contribution >= 0.6 is 15.9 Å². The lowest BCUT2D eigenvalue weighted by molar-refractivity contribution is -0.114. The topological polar surface area (TPSA) is 37.4 Å². The third-order valence-corrected chi connectivity index (χ3v) is 4.60. The van der Waals surface area contributed by atoms with Gasteiger partial charge in [0.15, 0.2) is 0 Å². The molecule has 1 aromatic carbocycles. The molecule has 102 valence electrons. The molecule has 1 amide bonds. The van der Waals surface area contributed by atoms with E-state index in [1.165, 1.54) is 0 Å². The molecular weight excluding hydrogens is 306 g/mol. The van der Waals surface area contributed by atoms with Crippen molar-refractivity contribution in [2.45, 2.75) is 26.7 Å². The molecule has 0 aromatic heterocycles. The number of nitrogens with zero attached hydrogens (tertiary/aromatic N) is 1. The molecule has 0 fully saturated rings. The van der Waals surface area contributed by atoms with Gasteiger partial charge in [-0.1, -0.05) is 42.3 Å². The second-order valence-corrected chi connectivity index (χ2v) is 5.53. The van der Waals surface area contributed by atoms with Crippen molar-refractivity contribution in [3.05, 3.63) is 29.3 Å². The SMILES string of the molecule is CCc1ccc2c(c1)C(=O)C(=O)N2CC(CC)CBr. The van der Waals surface area contributed by atoms with Crippen LogP contribution in [0.2, 0.25) is 0 Å². The number of rotatable bonds is 5. The number of alkyl halides is 1. The fraction of sp³-hybridized carbons (Fsp3) is 0.467. The number of halogens is 1. The summed E-state index contributed by atoms with van der Waals surface area (Å²) in [6.45, 7) is 4.73. The minimum Gasteiger partial charge on any atom is -0.304 e. The summed E-state index contributed by atoms with van der Waals surface area (Å²) < 4.78 is 0. The molecule has 0 radical (unpaired) electrons. The average Bonchev–Trinajstić information content (AvgIpc) is 2.68. The zero-order chi connectivity index (χ0) is 14.0. The number of hydrogen-bond acceptors (Lipinski definition) is 2. The highest BCUT2D eigenvalue weighted by Gasteiger charge is 2.36. The number of Topliss-reactive ketones (excluding diaryl/α,β-unsaturated/α-hetero) is 1. The molecule has 1 unspecified atom stereocenters. The van der Waals surface area contributed by atoms with Gasteiger partial charge >= 0.3 is 0 Å². The minimum atomic E-state index is -0.386. The van der Waals surface area contributed by atoms with E-state index in [1.54, 1.807) is 4.90 Å². The number of benzene rings is 1. The van der Waals surface area contributed by atoms with Crippen LogP contribution < -0.4 is 4.90 Å². The van der Waals surface area contributed by atoms with Crippen LogP contribution in [-0.4, -0.2) is 23.6 Å². The van der Waals surface area contributed by atoms with Crippen LogP contribution in [0.1, 0.15) is 36.2 Å². The number of fused-ring (bicyclic) bond motifs is 1. The first-order valence-corrected chi connectivity index (χ1v) is 7.79. The summed E-state index contributed by atoms with van der Waals surface area (Å²) in [7, 11) is 0. The molecule has 1 aromatic rings. The molecule has 0 aliphatic carbocycles. The molecule has 0 saturated carbocycles. The van der Waals surface area contributed by atoms with Crippen molar-refractivity contribution < 1.29 is 9.59 Å². The van der Waals surface area contributed by atoms with Gasteiger partial charge in [0.2, 0.25) is 0 Å². The van der Waals surface area contributed by atoms with E-state index < -0.39 is 0 Å². The smallest absolute Gasteiger partial charge is 0.299 e. The molecule has 2 rings (SSSR count). The number of aryl methyl sites for hydroxylation is 1. The third-order valence-electron chi connectivity index (χ3n) is 3.68. The Hall–Kier alpha value is -1.16. The van der Waals surface area contributed by atoms with Crippen molar-refractivity contribution in [3.8, 4) is 0 Å². The summed E-state index contributed by atoms with van der Waals surface area (Å²) in [6, 6.07) is 5.75. The zero-order valence-electron chi connectivity index (χ0n) is 11.3. The number of anilines is 1. The highest BCUT2D eigenvalue weighted by Crippen LogP contribution is 2.31. The number of carbonyl (C=O) groups is 2. The molecule has 3 nitrogen and oxygen atoms in total. The quantitative estimate of drug-likeness (QED) is 0.616. The highest BCUT2D eigenvalue weighted by atomic mass is 79.9. The molecule has 1 aliphatic rings. The molecule has 1 aliphatic heterocycles. The first-order chi connectivity index (χ1) is 9.12. The molecule has 1 heterocycles. The molecule has 0 saturated heterocycles. The van der Waals surface area contributed by atoms with Gasteiger partial charge in [-0.3, -0.25) is 9.59 Å². The zero-order valence-corrected chi connectivity index (χ0v) is 12.9. The average molecular weight is 324 g/mol. The van der Waals surface area contributed by atoms with Gasteiger partial charge in [-0.25, -0.2) is 0 Å². The Balaban J connectivity index is 2.34. The third kappa shape index (κ3) is 2.59. The van der Waals surface area contributed by atoms with E-state index in [1.807, 2.05) is 25.1 Å². The number of ketones is 1. The van der Waals surface area contributed by atoms with Crippen LogP contribution in [0.3, 0.4) is 0 Å². The Morgan fingerprint density at radius 3 is 2.58 bits per heavy atom. The summed E-state index contributed by atoms with van der Waals surface area (Å²) >= 11 is 3.46. The summed E-state index contributed by atoms with van der Waals surface area (Å²) in [6.07, 6.45) is 1.85. The summed E-state index contributed by atoms with van der Waals surface area (Å²) in [5, 5.41) is 0.837. The lowest BCUT2D eigenvalue weighted by Crippen LogP contribution is -2.34. The first kappa shape index (κ1) is 14.3. The second kappa shape index (κ2) is 5.87. The second-order valence-electron chi connectivity index (χ2n) is 4.88. The maximum Gasteiger partial charge on any atom is 0.299 e. The fourth-order valence-corrected chi connectivity index (χ4v) is 2.96. The van der Waals surface area contributed by atoms with E-state index in [9.17, 15) is 9.59 Å². The fourth-order valence-electron chi connectivity index (χ4n) is 2.29. The normalized spacial score (nSPS) is 15.8. The molecule has 0 N–H and O–H groups in total. The molecule has 1 atom stereocenters.